The zero-order valence-corrected chi connectivity index (χ0v) is 7.55. The molecule has 0 aliphatic rings. The molecule has 8 heavy (non-hydrogen) atoms. The van der Waals surface area contributed by atoms with E-state index in [4.69, 9.17) is 7.96 Å². The van der Waals surface area contributed by atoms with Crippen LogP contribution < -0.4 is 98.5 Å². The first-order valence-corrected chi connectivity index (χ1v) is 1.41. The van der Waals surface area contributed by atoms with Crippen molar-refractivity contribution in [3.05, 3.63) is 0 Å². The summed E-state index contributed by atoms with van der Waals surface area (Å²) < 4.78 is 16.9. The van der Waals surface area contributed by atoms with E-state index in [0.717, 1.165) is 0 Å². The molecule has 0 fully saturated rings. The van der Waals surface area contributed by atoms with E-state index in [0.29, 0.717) is 0 Å². The number of hydrogen-bond donors (Lipinski definition) is 0. The fourth-order valence-electron chi connectivity index (χ4n) is 0. The van der Waals surface area contributed by atoms with Crippen molar-refractivity contribution in [1.29, 1.82) is 0 Å². The van der Waals surface area contributed by atoms with Gasteiger partial charge in [-0.05, 0) is 0 Å². The van der Waals surface area contributed by atoms with Gasteiger partial charge in [0.05, 0.1) is 0 Å². The Hall–Kier alpha value is 3.12. The van der Waals surface area contributed by atoms with Crippen molar-refractivity contribution < 1.29 is 108 Å². The minimum atomic E-state index is -1.75. The summed E-state index contributed by atoms with van der Waals surface area (Å²) in [6.07, 6.45) is 0. The topological polar surface area (TPSA) is 40.1 Å². The van der Waals surface area contributed by atoms with Gasteiger partial charge in [0.25, 0.3) is 0 Å². The third-order valence-electron chi connectivity index (χ3n) is 0. The fourth-order valence-corrected chi connectivity index (χ4v) is 0. The maximum atomic E-state index is 8.46. The predicted molar refractivity (Wildman–Crippen MR) is 10.9 cm³/mol. The van der Waals surface area contributed by atoms with E-state index in [1.165, 1.54) is 0 Å². The Morgan fingerprint density at radius 3 is 1.00 bits per heavy atom. The second-order valence-corrected chi connectivity index (χ2v) is 0.289. The Morgan fingerprint density at radius 2 is 1.00 bits per heavy atom. The van der Waals surface area contributed by atoms with Crippen LogP contribution in [0.5, 0.6) is 0 Å². The zero-order chi connectivity index (χ0) is 2.71. The third-order valence-corrected chi connectivity index (χ3v) is 0. The monoisotopic (exact) mass is 98.1 g/mol. The number of rotatable bonds is 0. The SMILES string of the molecule is [H-].[H-].[H-].[H-].[Li+].[Li+].[Li+].[Li+].[Li+].[O]=[Al][O-]. The van der Waals surface area contributed by atoms with Gasteiger partial charge in [-0.3, -0.25) is 0 Å². The molecule has 0 amide bonds. The molecule has 0 aromatic carbocycles. The van der Waals surface area contributed by atoms with Gasteiger partial charge >= 0.3 is 118 Å². The second-order valence-electron chi connectivity index (χ2n) is 0.0962. The summed E-state index contributed by atoms with van der Waals surface area (Å²) in [7, 11) is 0. The molecule has 0 saturated heterocycles. The Morgan fingerprint density at radius 1 is 1.00 bits per heavy atom. The van der Waals surface area contributed by atoms with E-state index in [9.17, 15) is 0 Å². The van der Waals surface area contributed by atoms with Gasteiger partial charge in [0.15, 0.2) is 0 Å². The standard InChI is InChI=1S/Al.5Li.2O.4H/q;5*+1;;5*-1. The van der Waals surface area contributed by atoms with Crippen molar-refractivity contribution in [3.63, 3.8) is 0 Å². The summed E-state index contributed by atoms with van der Waals surface area (Å²) in [5.74, 6) is 0. The third kappa shape index (κ3) is 61.8. The van der Waals surface area contributed by atoms with E-state index < -0.39 is 15.5 Å². The molecule has 0 rings (SSSR count). The van der Waals surface area contributed by atoms with Crippen LogP contribution in [0.1, 0.15) is 5.71 Å². The molecule has 0 heterocycles. The van der Waals surface area contributed by atoms with E-state index in [-0.39, 0.29) is 100 Å². The van der Waals surface area contributed by atoms with Gasteiger partial charge in [-0.15, -0.1) is 0 Å². The van der Waals surface area contributed by atoms with Crippen molar-refractivity contribution in [2.45, 2.75) is 0 Å². The van der Waals surface area contributed by atoms with Gasteiger partial charge in [0.2, 0.25) is 0 Å². The van der Waals surface area contributed by atoms with Crippen molar-refractivity contribution in [1.82, 2.24) is 0 Å². The van der Waals surface area contributed by atoms with Gasteiger partial charge in [-0.25, -0.2) is 0 Å². The summed E-state index contributed by atoms with van der Waals surface area (Å²) in [6.45, 7) is 0. The maximum absolute atomic E-state index is 8.46. The summed E-state index contributed by atoms with van der Waals surface area (Å²) in [5.41, 5.74) is 0. The molecular weight excluding hydrogens is 93.7 g/mol. The molecule has 0 bridgehead atoms. The average Bonchev–Trinajstić information content (AvgIpc) is 0.918. The van der Waals surface area contributed by atoms with Gasteiger partial charge < -0.3 is 5.71 Å². The Balaban J connectivity index is -0.000000000556. The normalized spacial score (nSPS) is 1.00. The Labute approximate surface area is 122 Å². The van der Waals surface area contributed by atoms with Crippen LogP contribution in [0.2, 0.25) is 0 Å². The second kappa shape index (κ2) is 49.6. The summed E-state index contributed by atoms with van der Waals surface area (Å²) in [5, 5.41) is 0. The van der Waals surface area contributed by atoms with Crippen LogP contribution >= 0.6 is 0 Å². The Kier molecular flexibility index (Phi) is 269. The molecule has 0 radical (unpaired) electrons. The molecule has 0 aliphatic carbocycles. The molecule has 0 aromatic rings. The Bertz CT molecular complexity index is 28.9. The number of hydrogen-bond acceptors (Lipinski definition) is 2. The van der Waals surface area contributed by atoms with Crippen LogP contribution in [0.15, 0.2) is 0 Å². The van der Waals surface area contributed by atoms with Gasteiger partial charge in [-0.1, -0.05) is 0 Å². The van der Waals surface area contributed by atoms with E-state index in [2.05, 4.69) is 0 Å². The van der Waals surface area contributed by atoms with Crippen LogP contribution in [0, 0.1) is 0 Å². The molecule has 0 atom stereocenters. The molecule has 24 valence electrons. The molecule has 8 heteroatoms. The van der Waals surface area contributed by atoms with Crippen LogP contribution in [0.3, 0.4) is 0 Å². The van der Waals surface area contributed by atoms with E-state index in [1.807, 2.05) is 0 Å². The molecule has 0 aliphatic heterocycles. The van der Waals surface area contributed by atoms with Crippen LogP contribution in [0.4, 0.5) is 0 Å². The van der Waals surface area contributed by atoms with Crippen LogP contribution in [0.25, 0.3) is 0 Å². The van der Waals surface area contributed by atoms with Gasteiger partial charge in [0.1, 0.15) is 0 Å². The quantitative estimate of drug-likeness (QED) is 0.282. The first kappa shape index (κ1) is 43.4. The molecule has 0 saturated carbocycles. The van der Waals surface area contributed by atoms with Gasteiger partial charge in [0, 0.05) is 0 Å². The molecule has 0 unspecified atom stereocenters. The molecule has 2 nitrogen and oxygen atoms in total. The van der Waals surface area contributed by atoms with E-state index in [1.54, 1.807) is 0 Å². The van der Waals surface area contributed by atoms with E-state index >= 15 is 0 Å². The van der Waals surface area contributed by atoms with Crippen LogP contribution in [-0.4, -0.2) is 15.5 Å². The summed E-state index contributed by atoms with van der Waals surface area (Å²) in [4.78, 5) is 0. The fraction of sp³-hybridized carbons (Fsp3) is 0. The zero-order valence-electron chi connectivity index (χ0n) is 10.4. The summed E-state index contributed by atoms with van der Waals surface area (Å²) in [6, 6.07) is 0. The first-order valence-electron chi connectivity index (χ1n) is 0.471. The minimum absolute atomic E-state index is 0. The van der Waals surface area contributed by atoms with Crippen molar-refractivity contribution >= 4 is 15.5 Å². The predicted octanol–water partition coefficient (Wildman–Crippen LogP) is -16.2. The molecule has 0 spiro atoms. The summed E-state index contributed by atoms with van der Waals surface area (Å²) >= 11 is -1.75. The van der Waals surface area contributed by atoms with Crippen molar-refractivity contribution in [2.75, 3.05) is 0 Å². The molecule has 0 N–H and O–H groups in total. The van der Waals surface area contributed by atoms with Crippen LogP contribution in [-0.2, 0) is 3.80 Å². The first-order chi connectivity index (χ1) is 1.41. The van der Waals surface area contributed by atoms with Gasteiger partial charge in [-0.2, -0.15) is 0 Å². The van der Waals surface area contributed by atoms with Crippen molar-refractivity contribution in [3.8, 4) is 0 Å². The molecular formula is H4AlLi5O2. The molecule has 0 aromatic heterocycles. The van der Waals surface area contributed by atoms with Crippen molar-refractivity contribution in [2.24, 2.45) is 0 Å². The average molecular weight is 97.7 g/mol.